The summed E-state index contributed by atoms with van der Waals surface area (Å²) in [6.45, 7) is 1.62. The molecular weight excluding hydrogens is 280 g/mol. The molecule has 3 rings (SSSR count). The molecule has 1 amide bonds. The largest absolute Gasteiger partial charge is 0.382 e. The number of hydrogen-bond donors (Lipinski definition) is 2. The van der Waals surface area contributed by atoms with Crippen molar-refractivity contribution in [1.82, 2.24) is 9.88 Å². The number of hydrogen-bond acceptors (Lipinski definition) is 6. The summed E-state index contributed by atoms with van der Waals surface area (Å²) in [6, 6.07) is 0.514. The highest BCUT2D eigenvalue weighted by Gasteiger charge is 2.25. The molecule has 19 heavy (non-hydrogen) atoms. The zero-order valence-corrected chi connectivity index (χ0v) is 12.4. The van der Waals surface area contributed by atoms with Crippen LogP contribution in [-0.4, -0.2) is 46.4 Å². The molecular formula is C12H18N4OS2. The van der Waals surface area contributed by atoms with E-state index in [1.165, 1.54) is 30.6 Å². The van der Waals surface area contributed by atoms with Crippen molar-refractivity contribution >= 4 is 40.0 Å². The smallest absolute Gasteiger partial charge is 0.267 e. The molecule has 7 heteroatoms. The topological polar surface area (TPSA) is 71.2 Å². The minimum absolute atomic E-state index is 0.0389. The second-order valence-electron chi connectivity index (χ2n) is 4.91. The number of amides is 1. The minimum atomic E-state index is 0.0389. The number of thioether (sulfide) groups is 1. The van der Waals surface area contributed by atoms with Crippen LogP contribution in [-0.2, 0) is 0 Å². The van der Waals surface area contributed by atoms with E-state index in [4.69, 9.17) is 5.73 Å². The molecule has 0 atom stereocenters. The standard InChI is InChI=1S/C12H18N4OS2/c13-10-9(11(17)16-4-6-18-7-5-16)19-12(15-10)14-8-2-1-3-8/h8H,1-7,13H2,(H,14,15). The Morgan fingerprint density at radius 2 is 2.11 bits per heavy atom. The van der Waals surface area contributed by atoms with Crippen molar-refractivity contribution in [3.05, 3.63) is 4.88 Å². The summed E-state index contributed by atoms with van der Waals surface area (Å²) in [6.07, 6.45) is 3.65. The molecule has 2 heterocycles. The van der Waals surface area contributed by atoms with Crippen molar-refractivity contribution in [3.8, 4) is 0 Å². The molecule has 1 aliphatic carbocycles. The number of nitrogens with zero attached hydrogens (tertiary/aromatic N) is 2. The fourth-order valence-electron chi connectivity index (χ4n) is 2.18. The van der Waals surface area contributed by atoms with Gasteiger partial charge >= 0.3 is 0 Å². The van der Waals surface area contributed by atoms with Crippen molar-refractivity contribution in [3.63, 3.8) is 0 Å². The first-order valence-electron chi connectivity index (χ1n) is 6.64. The molecule has 1 saturated carbocycles. The molecule has 1 aromatic heterocycles. The molecule has 1 aliphatic heterocycles. The van der Waals surface area contributed by atoms with E-state index >= 15 is 0 Å². The van der Waals surface area contributed by atoms with E-state index in [1.807, 2.05) is 16.7 Å². The quantitative estimate of drug-likeness (QED) is 0.891. The van der Waals surface area contributed by atoms with Crippen molar-refractivity contribution in [2.24, 2.45) is 0 Å². The van der Waals surface area contributed by atoms with Crippen molar-refractivity contribution in [2.75, 3.05) is 35.6 Å². The van der Waals surface area contributed by atoms with Crippen molar-refractivity contribution < 1.29 is 4.79 Å². The van der Waals surface area contributed by atoms with Crippen LogP contribution >= 0.6 is 23.1 Å². The molecule has 0 aromatic carbocycles. The second-order valence-corrected chi connectivity index (χ2v) is 7.13. The molecule has 3 N–H and O–H groups in total. The van der Waals surface area contributed by atoms with Gasteiger partial charge in [0.25, 0.3) is 5.91 Å². The molecule has 1 aromatic rings. The van der Waals surface area contributed by atoms with Gasteiger partial charge in [0, 0.05) is 30.6 Å². The normalized spacial score (nSPS) is 20.1. The maximum atomic E-state index is 12.4. The minimum Gasteiger partial charge on any atom is -0.382 e. The summed E-state index contributed by atoms with van der Waals surface area (Å²) in [5, 5.41) is 4.14. The Balaban J connectivity index is 1.70. The third kappa shape index (κ3) is 2.81. The molecule has 5 nitrogen and oxygen atoms in total. The Morgan fingerprint density at radius 1 is 1.37 bits per heavy atom. The van der Waals surface area contributed by atoms with Gasteiger partial charge in [-0.15, -0.1) is 0 Å². The number of carbonyl (C=O) groups excluding carboxylic acids is 1. The lowest BCUT2D eigenvalue weighted by Gasteiger charge is -2.26. The number of rotatable bonds is 3. The van der Waals surface area contributed by atoms with E-state index < -0.39 is 0 Å². The van der Waals surface area contributed by atoms with Crippen molar-refractivity contribution in [2.45, 2.75) is 25.3 Å². The summed E-state index contributed by atoms with van der Waals surface area (Å²) >= 11 is 3.28. The Hall–Kier alpha value is -0.950. The Bertz CT molecular complexity index is 466. The van der Waals surface area contributed by atoms with Gasteiger partial charge in [-0.05, 0) is 19.3 Å². The molecule has 2 aliphatic rings. The van der Waals surface area contributed by atoms with Gasteiger partial charge in [-0.25, -0.2) is 4.98 Å². The van der Waals surface area contributed by atoms with Gasteiger partial charge < -0.3 is 16.0 Å². The molecule has 1 saturated heterocycles. The van der Waals surface area contributed by atoms with E-state index in [1.54, 1.807) is 0 Å². The SMILES string of the molecule is Nc1nc(NC2CCC2)sc1C(=O)N1CCSCC1. The predicted molar refractivity (Wildman–Crippen MR) is 81.0 cm³/mol. The molecule has 0 bridgehead atoms. The van der Waals surface area contributed by atoms with Gasteiger partial charge in [-0.1, -0.05) is 11.3 Å². The van der Waals surface area contributed by atoms with Gasteiger partial charge in [-0.3, -0.25) is 4.79 Å². The Kier molecular flexibility index (Phi) is 3.83. The van der Waals surface area contributed by atoms with Gasteiger partial charge in [0.05, 0.1) is 0 Å². The van der Waals surface area contributed by atoms with Crippen molar-refractivity contribution in [1.29, 1.82) is 0 Å². The van der Waals surface area contributed by atoms with Crippen LogP contribution in [0.1, 0.15) is 28.9 Å². The van der Waals surface area contributed by atoms with Gasteiger partial charge in [-0.2, -0.15) is 11.8 Å². The van der Waals surface area contributed by atoms with E-state index in [2.05, 4.69) is 10.3 Å². The van der Waals surface area contributed by atoms with Crippen LogP contribution in [0.3, 0.4) is 0 Å². The summed E-state index contributed by atoms with van der Waals surface area (Å²) in [4.78, 5) is 19.1. The van der Waals surface area contributed by atoms with E-state index in [0.29, 0.717) is 16.7 Å². The molecule has 2 fully saturated rings. The van der Waals surface area contributed by atoms with Crippen LogP contribution < -0.4 is 11.1 Å². The van der Waals surface area contributed by atoms with Crippen LogP contribution in [0.5, 0.6) is 0 Å². The number of nitrogens with one attached hydrogen (secondary N) is 1. The lowest BCUT2D eigenvalue weighted by Crippen LogP contribution is -2.37. The molecule has 0 unspecified atom stereocenters. The second kappa shape index (κ2) is 5.58. The number of aromatic nitrogens is 1. The monoisotopic (exact) mass is 298 g/mol. The summed E-state index contributed by atoms with van der Waals surface area (Å²) in [5.74, 6) is 2.43. The molecule has 0 radical (unpaired) electrons. The number of thiazole rings is 1. The lowest BCUT2D eigenvalue weighted by atomic mass is 9.93. The van der Waals surface area contributed by atoms with Gasteiger partial charge in [0.1, 0.15) is 10.7 Å². The maximum Gasteiger partial charge on any atom is 0.267 e. The van der Waals surface area contributed by atoms with Gasteiger partial charge in [0.2, 0.25) is 0 Å². The predicted octanol–water partition coefficient (Wildman–Crippen LogP) is 1.88. The van der Waals surface area contributed by atoms with Crippen LogP contribution in [0.4, 0.5) is 10.9 Å². The summed E-state index contributed by atoms with van der Waals surface area (Å²) < 4.78 is 0. The van der Waals surface area contributed by atoms with Crippen LogP contribution in [0.15, 0.2) is 0 Å². The average Bonchev–Trinajstić information content (AvgIpc) is 2.75. The first-order chi connectivity index (χ1) is 9.24. The number of carbonyl (C=O) groups is 1. The van der Waals surface area contributed by atoms with E-state index in [-0.39, 0.29) is 5.91 Å². The third-order valence-electron chi connectivity index (χ3n) is 3.58. The van der Waals surface area contributed by atoms with Crippen LogP contribution in [0.25, 0.3) is 0 Å². The highest BCUT2D eigenvalue weighted by molar-refractivity contribution is 7.99. The van der Waals surface area contributed by atoms with E-state index in [0.717, 1.165) is 29.7 Å². The Labute approximate surface area is 120 Å². The fraction of sp³-hybridized carbons (Fsp3) is 0.667. The van der Waals surface area contributed by atoms with E-state index in [9.17, 15) is 4.79 Å². The zero-order chi connectivity index (χ0) is 13.2. The third-order valence-corrected chi connectivity index (χ3v) is 5.51. The molecule has 0 spiro atoms. The first-order valence-corrected chi connectivity index (χ1v) is 8.61. The zero-order valence-electron chi connectivity index (χ0n) is 10.7. The van der Waals surface area contributed by atoms with Crippen LogP contribution in [0, 0.1) is 0 Å². The number of nitrogen functional groups attached to an aromatic ring is 1. The molecule has 104 valence electrons. The fourth-order valence-corrected chi connectivity index (χ4v) is 4.02. The Morgan fingerprint density at radius 3 is 2.74 bits per heavy atom. The number of nitrogens with two attached hydrogens (primary N) is 1. The lowest BCUT2D eigenvalue weighted by molar-refractivity contribution is 0.0778. The highest BCUT2D eigenvalue weighted by Crippen LogP contribution is 2.30. The summed E-state index contributed by atoms with van der Waals surface area (Å²) in [7, 11) is 0. The maximum absolute atomic E-state index is 12.4. The van der Waals surface area contributed by atoms with Crippen LogP contribution in [0.2, 0.25) is 0 Å². The highest BCUT2D eigenvalue weighted by atomic mass is 32.2. The average molecular weight is 298 g/mol. The summed E-state index contributed by atoms with van der Waals surface area (Å²) in [5.41, 5.74) is 5.89. The number of anilines is 2. The first kappa shape index (κ1) is 13.1. The van der Waals surface area contributed by atoms with Gasteiger partial charge in [0.15, 0.2) is 5.13 Å².